The van der Waals surface area contributed by atoms with Gasteiger partial charge in [0.05, 0.1) is 5.56 Å². The second-order valence-electron chi connectivity index (χ2n) is 2.95. The van der Waals surface area contributed by atoms with E-state index in [0.717, 1.165) is 0 Å². The van der Waals surface area contributed by atoms with Gasteiger partial charge in [-0.3, -0.25) is 0 Å². The molecular weight excluding hydrogens is 245 g/mol. The second-order valence-corrected chi connectivity index (χ2v) is 4.94. The van der Waals surface area contributed by atoms with Crippen LogP contribution >= 0.6 is 0 Å². The van der Waals surface area contributed by atoms with Crippen LogP contribution in [0.15, 0.2) is 17.2 Å². The van der Waals surface area contributed by atoms with Gasteiger partial charge in [0.1, 0.15) is 11.0 Å². The zero-order valence-electron chi connectivity index (χ0n) is 7.91. The number of hydrogen-bond donors (Lipinski definition) is 0. The van der Waals surface area contributed by atoms with Crippen LogP contribution in [0.1, 0.15) is 11.3 Å². The van der Waals surface area contributed by atoms with Gasteiger partial charge in [-0.2, -0.15) is 18.4 Å². The maximum absolute atomic E-state index is 12.3. The van der Waals surface area contributed by atoms with Crippen LogP contribution < -0.4 is 0 Å². The first kappa shape index (κ1) is 12.4. The highest BCUT2D eigenvalue weighted by Gasteiger charge is 2.32. The third kappa shape index (κ3) is 2.49. The predicted octanol–water partition coefficient (Wildman–Crippen LogP) is 1.38. The van der Waals surface area contributed by atoms with Crippen LogP contribution in [0.25, 0.3) is 0 Å². The van der Waals surface area contributed by atoms with E-state index in [1.807, 2.05) is 0 Å². The highest BCUT2D eigenvalue weighted by Crippen LogP contribution is 2.30. The molecule has 0 radical (unpaired) electrons. The number of aromatic nitrogens is 1. The summed E-state index contributed by atoms with van der Waals surface area (Å²) in [5, 5.41) is 8.52. The molecule has 1 aromatic heterocycles. The Balaban J connectivity index is 3.54. The van der Waals surface area contributed by atoms with Crippen LogP contribution in [0, 0.1) is 11.3 Å². The van der Waals surface area contributed by atoms with E-state index < -0.39 is 32.2 Å². The molecule has 1 heterocycles. The number of hydrogen-bond acceptors (Lipinski definition) is 4. The summed E-state index contributed by atoms with van der Waals surface area (Å²) in [7, 11) is -3.91. The van der Waals surface area contributed by atoms with Gasteiger partial charge in [0, 0.05) is 12.5 Å². The van der Waals surface area contributed by atoms with Gasteiger partial charge < -0.3 is 0 Å². The van der Waals surface area contributed by atoms with Crippen molar-refractivity contribution in [2.24, 2.45) is 0 Å². The van der Waals surface area contributed by atoms with E-state index in [4.69, 9.17) is 5.26 Å². The van der Waals surface area contributed by atoms with Gasteiger partial charge in [-0.25, -0.2) is 13.4 Å². The average Bonchev–Trinajstić information content (AvgIpc) is 2.14. The van der Waals surface area contributed by atoms with E-state index >= 15 is 0 Å². The predicted molar refractivity (Wildman–Crippen MR) is 47.1 cm³/mol. The summed E-state index contributed by atoms with van der Waals surface area (Å²) < 4.78 is 59.1. The van der Waals surface area contributed by atoms with Crippen molar-refractivity contribution in [1.29, 1.82) is 5.26 Å². The van der Waals surface area contributed by atoms with Gasteiger partial charge in [0.15, 0.2) is 15.5 Å². The third-order valence-corrected chi connectivity index (χ3v) is 2.80. The van der Waals surface area contributed by atoms with Crippen LogP contribution in [0.2, 0.25) is 0 Å². The first-order chi connectivity index (χ1) is 7.16. The van der Waals surface area contributed by atoms with Gasteiger partial charge in [-0.1, -0.05) is 0 Å². The molecular formula is C8H5F3N2O2S. The molecule has 0 atom stereocenters. The Morgan fingerprint density at radius 3 is 2.38 bits per heavy atom. The van der Waals surface area contributed by atoms with Crippen LogP contribution in [-0.4, -0.2) is 19.7 Å². The summed E-state index contributed by atoms with van der Waals surface area (Å²) in [6, 6.07) is 1.83. The van der Waals surface area contributed by atoms with Crippen molar-refractivity contribution in [2.45, 2.75) is 11.1 Å². The van der Waals surface area contributed by atoms with Gasteiger partial charge in [-0.15, -0.1) is 0 Å². The SMILES string of the molecule is CS(=O)(=O)c1cc(C(F)(F)F)cnc1C#N. The molecule has 1 rings (SSSR count). The lowest BCUT2D eigenvalue weighted by atomic mass is 10.2. The Morgan fingerprint density at radius 1 is 1.44 bits per heavy atom. The van der Waals surface area contributed by atoms with Gasteiger partial charge in [0.2, 0.25) is 0 Å². The number of rotatable bonds is 1. The third-order valence-electron chi connectivity index (χ3n) is 1.69. The van der Waals surface area contributed by atoms with Crippen molar-refractivity contribution in [1.82, 2.24) is 4.98 Å². The summed E-state index contributed by atoms with van der Waals surface area (Å²) >= 11 is 0. The van der Waals surface area contributed by atoms with Gasteiger partial charge >= 0.3 is 6.18 Å². The van der Waals surface area contributed by atoms with Crippen LogP contribution in [0.5, 0.6) is 0 Å². The Morgan fingerprint density at radius 2 is 2.00 bits per heavy atom. The topological polar surface area (TPSA) is 70.8 Å². The van der Waals surface area contributed by atoms with Crippen molar-refractivity contribution < 1.29 is 21.6 Å². The summed E-state index contributed by atoms with van der Waals surface area (Å²) in [6.45, 7) is 0. The molecule has 16 heavy (non-hydrogen) atoms. The molecule has 86 valence electrons. The van der Waals surface area contributed by atoms with Crippen molar-refractivity contribution >= 4 is 9.84 Å². The van der Waals surface area contributed by atoms with E-state index in [1.165, 1.54) is 6.07 Å². The Bertz CT molecular complexity index is 558. The van der Waals surface area contributed by atoms with Gasteiger partial charge in [0.25, 0.3) is 0 Å². The quantitative estimate of drug-likeness (QED) is 0.754. The average molecular weight is 250 g/mol. The van der Waals surface area contributed by atoms with E-state index in [0.29, 0.717) is 18.5 Å². The highest BCUT2D eigenvalue weighted by molar-refractivity contribution is 7.90. The van der Waals surface area contributed by atoms with Crippen LogP contribution in [0.3, 0.4) is 0 Å². The maximum Gasteiger partial charge on any atom is 0.417 e. The van der Waals surface area contributed by atoms with Crippen molar-refractivity contribution in [3.05, 3.63) is 23.5 Å². The smallest absolute Gasteiger partial charge is 0.244 e. The van der Waals surface area contributed by atoms with E-state index in [-0.39, 0.29) is 0 Å². The summed E-state index contributed by atoms with van der Waals surface area (Å²) in [6.07, 6.45) is -3.56. The fourth-order valence-electron chi connectivity index (χ4n) is 0.966. The summed E-state index contributed by atoms with van der Waals surface area (Å²) in [4.78, 5) is 2.45. The lowest BCUT2D eigenvalue weighted by molar-refractivity contribution is -0.138. The standard InChI is InChI=1S/C8H5F3N2O2S/c1-16(14,15)7-2-5(8(9,10)11)4-13-6(7)3-12/h2,4H,1H3. The van der Waals surface area contributed by atoms with E-state index in [2.05, 4.69) is 4.98 Å². The molecule has 0 aliphatic heterocycles. The number of nitriles is 1. The minimum absolute atomic E-state index is 0.404. The molecule has 0 amide bonds. The first-order valence-corrected chi connectivity index (χ1v) is 5.73. The molecule has 0 aromatic carbocycles. The zero-order chi connectivity index (χ0) is 12.6. The molecule has 0 N–H and O–H groups in total. The Kier molecular flexibility index (Phi) is 2.92. The number of pyridine rings is 1. The highest BCUT2D eigenvalue weighted by atomic mass is 32.2. The minimum atomic E-state index is -4.69. The minimum Gasteiger partial charge on any atom is -0.244 e. The van der Waals surface area contributed by atoms with Crippen LogP contribution in [0.4, 0.5) is 13.2 Å². The summed E-state index contributed by atoms with van der Waals surface area (Å²) in [5.41, 5.74) is -1.75. The number of nitrogens with zero attached hydrogens (tertiary/aromatic N) is 2. The molecule has 4 nitrogen and oxygen atoms in total. The summed E-state index contributed by atoms with van der Waals surface area (Å²) in [5.74, 6) is 0. The normalized spacial score (nSPS) is 12.2. The Hall–Kier alpha value is -1.62. The molecule has 0 aliphatic carbocycles. The van der Waals surface area contributed by atoms with Crippen LogP contribution in [-0.2, 0) is 16.0 Å². The molecule has 0 fully saturated rings. The number of sulfone groups is 1. The van der Waals surface area contributed by atoms with Crippen molar-refractivity contribution in [3.63, 3.8) is 0 Å². The first-order valence-electron chi connectivity index (χ1n) is 3.83. The molecule has 0 saturated heterocycles. The lowest BCUT2D eigenvalue weighted by Gasteiger charge is -2.08. The second kappa shape index (κ2) is 3.75. The molecule has 0 unspecified atom stereocenters. The monoisotopic (exact) mass is 250 g/mol. The number of halogens is 3. The molecule has 0 spiro atoms. The largest absolute Gasteiger partial charge is 0.417 e. The molecule has 0 saturated carbocycles. The maximum atomic E-state index is 12.3. The molecule has 0 bridgehead atoms. The zero-order valence-corrected chi connectivity index (χ0v) is 8.72. The molecule has 1 aromatic rings. The fraction of sp³-hybridized carbons (Fsp3) is 0.250. The van der Waals surface area contributed by atoms with E-state index in [9.17, 15) is 21.6 Å². The van der Waals surface area contributed by atoms with Crippen molar-refractivity contribution in [3.8, 4) is 6.07 Å². The van der Waals surface area contributed by atoms with Gasteiger partial charge in [-0.05, 0) is 6.07 Å². The van der Waals surface area contributed by atoms with Crippen molar-refractivity contribution in [2.75, 3.05) is 6.26 Å². The molecule has 0 aliphatic rings. The number of alkyl halides is 3. The Labute approximate surface area is 89.3 Å². The molecule has 8 heteroatoms. The lowest BCUT2D eigenvalue weighted by Crippen LogP contribution is -2.10. The van der Waals surface area contributed by atoms with E-state index in [1.54, 1.807) is 0 Å². The fourth-order valence-corrected chi connectivity index (χ4v) is 1.76.